The number of rotatable bonds is 1. The maximum absolute atomic E-state index is 9.44. The normalized spacial score (nSPS) is 18.8. The van der Waals surface area contributed by atoms with Crippen LogP contribution >= 0.6 is 0 Å². The predicted molar refractivity (Wildman–Crippen MR) is 37.8 cm³/mol. The number of nitrogens with one attached hydrogen (secondary N) is 2. The SMILES string of the molecule is CN1NNN=C1C(C)(C)O. The molecule has 0 aliphatic carbocycles. The van der Waals surface area contributed by atoms with Gasteiger partial charge in [0.05, 0.1) is 0 Å². The van der Waals surface area contributed by atoms with Crippen LogP contribution in [0.5, 0.6) is 0 Å². The van der Waals surface area contributed by atoms with E-state index in [1.807, 2.05) is 0 Å². The third-order valence-corrected chi connectivity index (χ3v) is 1.24. The van der Waals surface area contributed by atoms with Crippen LogP contribution in [0.4, 0.5) is 0 Å². The summed E-state index contributed by atoms with van der Waals surface area (Å²) in [6.45, 7) is 3.36. The molecule has 0 aromatic rings. The highest BCUT2D eigenvalue weighted by Crippen LogP contribution is 2.07. The zero-order chi connectivity index (χ0) is 7.78. The molecule has 58 valence electrons. The van der Waals surface area contributed by atoms with Gasteiger partial charge < -0.3 is 5.11 Å². The monoisotopic (exact) mass is 144 g/mol. The van der Waals surface area contributed by atoms with Gasteiger partial charge in [-0.05, 0) is 13.8 Å². The van der Waals surface area contributed by atoms with E-state index in [4.69, 9.17) is 0 Å². The molecule has 0 amide bonds. The minimum Gasteiger partial charge on any atom is -0.382 e. The molecule has 1 rings (SSSR count). The smallest absolute Gasteiger partial charge is 0.173 e. The molecule has 0 bridgehead atoms. The highest BCUT2D eigenvalue weighted by molar-refractivity contribution is 5.89. The van der Waals surface area contributed by atoms with Crippen molar-refractivity contribution in [2.45, 2.75) is 19.4 Å². The van der Waals surface area contributed by atoms with Crippen molar-refractivity contribution in [1.82, 2.24) is 16.1 Å². The van der Waals surface area contributed by atoms with Gasteiger partial charge in [0, 0.05) is 7.05 Å². The first-order valence-electron chi connectivity index (χ1n) is 3.07. The average Bonchev–Trinajstić information content (AvgIpc) is 2.11. The summed E-state index contributed by atoms with van der Waals surface area (Å²) in [4.78, 5) is 0. The topological polar surface area (TPSA) is 59.9 Å². The van der Waals surface area contributed by atoms with E-state index >= 15 is 0 Å². The molecule has 0 aromatic carbocycles. The lowest BCUT2D eigenvalue weighted by Gasteiger charge is -2.21. The van der Waals surface area contributed by atoms with Crippen LogP contribution in [0.25, 0.3) is 0 Å². The lowest BCUT2D eigenvalue weighted by molar-refractivity contribution is 0.136. The molecule has 5 heteroatoms. The molecule has 0 unspecified atom stereocenters. The van der Waals surface area contributed by atoms with Crippen LogP contribution in [0.15, 0.2) is 5.10 Å². The van der Waals surface area contributed by atoms with E-state index in [9.17, 15) is 5.11 Å². The fourth-order valence-corrected chi connectivity index (χ4v) is 0.828. The van der Waals surface area contributed by atoms with E-state index in [-0.39, 0.29) is 0 Å². The van der Waals surface area contributed by atoms with Crippen LogP contribution in [0.1, 0.15) is 13.8 Å². The molecule has 0 radical (unpaired) electrons. The van der Waals surface area contributed by atoms with Crippen molar-refractivity contribution in [2.75, 3.05) is 7.05 Å². The van der Waals surface area contributed by atoms with E-state index in [2.05, 4.69) is 16.2 Å². The lowest BCUT2D eigenvalue weighted by atomic mass is 10.1. The average molecular weight is 144 g/mol. The Hall–Kier alpha value is -0.810. The third-order valence-electron chi connectivity index (χ3n) is 1.24. The van der Waals surface area contributed by atoms with E-state index in [0.29, 0.717) is 5.84 Å². The molecule has 1 aliphatic heterocycles. The van der Waals surface area contributed by atoms with Crippen molar-refractivity contribution in [1.29, 1.82) is 0 Å². The second-order valence-electron chi connectivity index (χ2n) is 2.78. The Labute approximate surface area is 59.7 Å². The van der Waals surface area contributed by atoms with Crippen molar-refractivity contribution in [3.8, 4) is 0 Å². The number of likely N-dealkylation sites (N-methyl/N-ethyl adjacent to an activating group) is 1. The van der Waals surface area contributed by atoms with Gasteiger partial charge in [-0.1, -0.05) is 0 Å². The van der Waals surface area contributed by atoms with Gasteiger partial charge in [-0.2, -0.15) is 0 Å². The minimum atomic E-state index is -0.898. The zero-order valence-corrected chi connectivity index (χ0v) is 6.34. The van der Waals surface area contributed by atoms with Gasteiger partial charge in [0.15, 0.2) is 5.84 Å². The Kier molecular flexibility index (Phi) is 1.53. The second-order valence-corrected chi connectivity index (χ2v) is 2.78. The van der Waals surface area contributed by atoms with Gasteiger partial charge in [-0.25, -0.2) is 5.53 Å². The van der Waals surface area contributed by atoms with Crippen LogP contribution in [-0.4, -0.2) is 28.6 Å². The highest BCUT2D eigenvalue weighted by atomic mass is 16.3. The van der Waals surface area contributed by atoms with Gasteiger partial charge in [-0.15, -0.1) is 10.6 Å². The summed E-state index contributed by atoms with van der Waals surface area (Å²) in [5, 5.41) is 14.9. The van der Waals surface area contributed by atoms with Crippen LogP contribution in [0.2, 0.25) is 0 Å². The van der Waals surface area contributed by atoms with Gasteiger partial charge in [0.2, 0.25) is 0 Å². The molecule has 0 saturated heterocycles. The van der Waals surface area contributed by atoms with Crippen molar-refractivity contribution >= 4 is 5.84 Å². The van der Waals surface area contributed by atoms with Crippen molar-refractivity contribution in [3.63, 3.8) is 0 Å². The number of hydrazine groups is 2. The maximum atomic E-state index is 9.44. The molecular weight excluding hydrogens is 132 g/mol. The van der Waals surface area contributed by atoms with Crippen molar-refractivity contribution < 1.29 is 5.11 Å². The summed E-state index contributed by atoms with van der Waals surface area (Å²) in [5.74, 6) is 0.576. The molecule has 0 spiro atoms. The number of hydrazone groups is 1. The van der Waals surface area contributed by atoms with E-state index in [0.717, 1.165) is 0 Å². The fraction of sp³-hybridized carbons (Fsp3) is 0.800. The first-order chi connectivity index (χ1) is 4.52. The second kappa shape index (κ2) is 2.10. The Balaban J connectivity index is 2.72. The summed E-state index contributed by atoms with van der Waals surface area (Å²) in [7, 11) is 1.77. The van der Waals surface area contributed by atoms with E-state index in [1.54, 1.807) is 25.9 Å². The summed E-state index contributed by atoms with van der Waals surface area (Å²) in [6.07, 6.45) is 0. The van der Waals surface area contributed by atoms with Crippen LogP contribution in [0, 0.1) is 0 Å². The van der Waals surface area contributed by atoms with Crippen LogP contribution in [-0.2, 0) is 0 Å². The first-order valence-corrected chi connectivity index (χ1v) is 3.07. The van der Waals surface area contributed by atoms with Crippen LogP contribution in [0.3, 0.4) is 0 Å². The largest absolute Gasteiger partial charge is 0.382 e. The maximum Gasteiger partial charge on any atom is 0.173 e. The molecule has 1 aliphatic rings. The molecule has 1 heterocycles. The molecule has 10 heavy (non-hydrogen) atoms. The molecule has 0 atom stereocenters. The predicted octanol–water partition coefficient (Wildman–Crippen LogP) is -0.975. The Morgan fingerprint density at radius 3 is 2.40 bits per heavy atom. The molecule has 5 nitrogen and oxygen atoms in total. The van der Waals surface area contributed by atoms with Gasteiger partial charge >= 0.3 is 0 Å². The first kappa shape index (κ1) is 7.30. The quantitative estimate of drug-likeness (QED) is 0.443. The van der Waals surface area contributed by atoms with Crippen LogP contribution < -0.4 is 11.1 Å². The standard InChI is InChI=1S/C5H12N4O/c1-5(2,10)4-6-7-8-9(4)3/h7-8,10H,1-3H3. The molecule has 0 fully saturated rings. The van der Waals surface area contributed by atoms with E-state index in [1.165, 1.54) is 0 Å². The summed E-state index contributed by atoms with van der Waals surface area (Å²) < 4.78 is 0. The fourth-order valence-electron chi connectivity index (χ4n) is 0.828. The summed E-state index contributed by atoms with van der Waals surface area (Å²) in [5.41, 5.74) is 4.33. The van der Waals surface area contributed by atoms with Gasteiger partial charge in [-0.3, -0.25) is 5.01 Å². The van der Waals surface area contributed by atoms with Crippen molar-refractivity contribution in [3.05, 3.63) is 0 Å². The molecule has 0 saturated carbocycles. The lowest BCUT2D eigenvalue weighted by Crippen LogP contribution is -2.46. The van der Waals surface area contributed by atoms with E-state index < -0.39 is 5.60 Å². The molecule has 3 N–H and O–H groups in total. The summed E-state index contributed by atoms with van der Waals surface area (Å²) >= 11 is 0. The van der Waals surface area contributed by atoms with Gasteiger partial charge in [0.25, 0.3) is 0 Å². The van der Waals surface area contributed by atoms with Gasteiger partial charge in [0.1, 0.15) is 5.60 Å². The third kappa shape index (κ3) is 1.19. The molecule has 0 aromatic heterocycles. The minimum absolute atomic E-state index is 0.576. The van der Waals surface area contributed by atoms with Crippen molar-refractivity contribution in [2.24, 2.45) is 5.10 Å². The zero-order valence-electron chi connectivity index (χ0n) is 6.34. The Morgan fingerprint density at radius 2 is 2.20 bits per heavy atom. The number of aliphatic hydroxyl groups is 1. The summed E-state index contributed by atoms with van der Waals surface area (Å²) in [6, 6.07) is 0. The number of hydrogen-bond donors (Lipinski definition) is 3. The Morgan fingerprint density at radius 1 is 1.60 bits per heavy atom. The number of amidine groups is 1. The number of nitrogens with zero attached hydrogens (tertiary/aromatic N) is 2. The molecular formula is C5H12N4O. The highest BCUT2D eigenvalue weighted by Gasteiger charge is 2.27. The Bertz CT molecular complexity index is 160. The number of hydrogen-bond acceptors (Lipinski definition) is 5.